The van der Waals surface area contributed by atoms with Crippen LogP contribution < -0.4 is 5.48 Å². The normalized spacial score (nSPS) is 9.70. The van der Waals surface area contributed by atoms with Crippen LogP contribution >= 0.6 is 11.3 Å². The quantitative estimate of drug-likeness (QED) is 0.509. The molecule has 54 valence electrons. The molecule has 0 spiro atoms. The zero-order chi connectivity index (χ0) is 7.40. The number of hydroxylamine groups is 1. The Morgan fingerprint density at radius 2 is 2.50 bits per heavy atom. The zero-order valence-electron chi connectivity index (χ0n) is 5.20. The topological polar surface area (TPSA) is 49.3 Å². The Kier molecular flexibility index (Phi) is 2.56. The van der Waals surface area contributed by atoms with Gasteiger partial charge in [-0.05, 0) is 12.1 Å². The van der Waals surface area contributed by atoms with Crippen molar-refractivity contribution in [3.8, 4) is 0 Å². The first-order valence-corrected chi connectivity index (χ1v) is 3.59. The van der Waals surface area contributed by atoms with E-state index in [1.54, 1.807) is 12.1 Å². The van der Waals surface area contributed by atoms with Crippen LogP contribution in [0.1, 0.15) is 14.5 Å². The molecule has 0 atom stereocenters. The van der Waals surface area contributed by atoms with Crippen LogP contribution in [0.15, 0.2) is 12.1 Å². The highest BCUT2D eigenvalue weighted by molar-refractivity contribution is 7.13. The smallest absolute Gasteiger partial charge is 0.160 e. The van der Waals surface area contributed by atoms with Crippen molar-refractivity contribution in [1.82, 2.24) is 5.48 Å². The van der Waals surface area contributed by atoms with Crippen molar-refractivity contribution in [2.75, 3.05) is 0 Å². The Morgan fingerprint density at radius 3 is 3.00 bits per heavy atom. The first-order chi connectivity index (χ1) is 4.86. The summed E-state index contributed by atoms with van der Waals surface area (Å²) < 4.78 is 0. The Bertz CT molecular complexity index is 221. The van der Waals surface area contributed by atoms with Crippen molar-refractivity contribution >= 4 is 17.6 Å². The van der Waals surface area contributed by atoms with Gasteiger partial charge in [0, 0.05) is 4.88 Å². The summed E-state index contributed by atoms with van der Waals surface area (Å²) in [6.07, 6.45) is 0.797. The number of carbonyl (C=O) groups excluding carboxylic acids is 1. The van der Waals surface area contributed by atoms with Gasteiger partial charge in [-0.3, -0.25) is 4.79 Å². The van der Waals surface area contributed by atoms with Crippen LogP contribution in [0.3, 0.4) is 0 Å². The van der Waals surface area contributed by atoms with Gasteiger partial charge < -0.3 is 5.21 Å². The van der Waals surface area contributed by atoms with Crippen molar-refractivity contribution in [3.63, 3.8) is 0 Å². The number of carbonyl (C=O) groups is 1. The summed E-state index contributed by atoms with van der Waals surface area (Å²) in [5, 5.41) is 8.27. The standard InChI is InChI=1S/C6H7NO2S/c8-4-6-2-1-5(10-6)3-7-9/h1-2,4,7,9H,3H2. The Balaban J connectivity index is 2.68. The summed E-state index contributed by atoms with van der Waals surface area (Å²) in [5.41, 5.74) is 2.02. The molecule has 1 aromatic rings. The fourth-order valence-corrected chi connectivity index (χ4v) is 1.39. The lowest BCUT2D eigenvalue weighted by molar-refractivity contribution is 0.112. The predicted molar refractivity (Wildman–Crippen MR) is 38.3 cm³/mol. The minimum Gasteiger partial charge on any atom is -0.316 e. The SMILES string of the molecule is O=Cc1ccc(CNO)s1. The molecule has 10 heavy (non-hydrogen) atoms. The molecule has 2 N–H and O–H groups in total. The maximum atomic E-state index is 10.2. The zero-order valence-corrected chi connectivity index (χ0v) is 6.02. The molecule has 4 heteroatoms. The third kappa shape index (κ3) is 1.63. The molecule has 1 aromatic heterocycles. The molecule has 0 radical (unpaired) electrons. The number of hydrogen-bond donors (Lipinski definition) is 2. The second kappa shape index (κ2) is 3.46. The van der Waals surface area contributed by atoms with E-state index >= 15 is 0 Å². The fourth-order valence-electron chi connectivity index (χ4n) is 0.631. The monoisotopic (exact) mass is 157 g/mol. The number of rotatable bonds is 3. The van der Waals surface area contributed by atoms with E-state index in [0.717, 1.165) is 11.2 Å². The molecule has 1 heterocycles. The van der Waals surface area contributed by atoms with Gasteiger partial charge in [-0.2, -0.15) is 0 Å². The van der Waals surface area contributed by atoms with Crippen LogP contribution in [-0.4, -0.2) is 11.5 Å². The molecule has 0 aliphatic heterocycles. The summed E-state index contributed by atoms with van der Waals surface area (Å²) in [5.74, 6) is 0. The lowest BCUT2D eigenvalue weighted by Gasteiger charge is -1.88. The minimum absolute atomic E-state index is 0.401. The summed E-state index contributed by atoms with van der Waals surface area (Å²) in [7, 11) is 0. The average molecular weight is 157 g/mol. The van der Waals surface area contributed by atoms with Gasteiger partial charge in [0.15, 0.2) is 6.29 Å². The summed E-state index contributed by atoms with van der Waals surface area (Å²) in [6, 6.07) is 3.53. The van der Waals surface area contributed by atoms with Crippen LogP contribution in [0.25, 0.3) is 0 Å². The molecule has 1 rings (SSSR count). The van der Waals surface area contributed by atoms with Gasteiger partial charge in [0.2, 0.25) is 0 Å². The van der Waals surface area contributed by atoms with Gasteiger partial charge in [0.25, 0.3) is 0 Å². The molecule has 0 saturated heterocycles. The molecule has 0 aliphatic carbocycles. The van der Waals surface area contributed by atoms with Crippen LogP contribution in [0.5, 0.6) is 0 Å². The second-order valence-corrected chi connectivity index (χ2v) is 2.96. The van der Waals surface area contributed by atoms with E-state index in [1.807, 2.05) is 5.48 Å². The van der Waals surface area contributed by atoms with Gasteiger partial charge >= 0.3 is 0 Å². The second-order valence-electron chi connectivity index (χ2n) is 1.76. The molecule has 0 amide bonds. The van der Waals surface area contributed by atoms with Crippen molar-refractivity contribution in [3.05, 3.63) is 21.9 Å². The first-order valence-electron chi connectivity index (χ1n) is 2.77. The van der Waals surface area contributed by atoms with Crippen LogP contribution in [0.2, 0.25) is 0 Å². The van der Waals surface area contributed by atoms with Crippen LogP contribution in [0, 0.1) is 0 Å². The third-order valence-electron chi connectivity index (χ3n) is 1.05. The van der Waals surface area contributed by atoms with Gasteiger partial charge in [-0.1, -0.05) is 0 Å². The van der Waals surface area contributed by atoms with Crippen molar-refractivity contribution < 1.29 is 10.0 Å². The molecule has 0 bridgehead atoms. The minimum atomic E-state index is 0.401. The molecule has 0 aliphatic rings. The average Bonchev–Trinajstić information content (AvgIpc) is 2.37. The van der Waals surface area contributed by atoms with Crippen LogP contribution in [-0.2, 0) is 6.54 Å². The van der Waals surface area contributed by atoms with Crippen molar-refractivity contribution in [1.29, 1.82) is 0 Å². The third-order valence-corrected chi connectivity index (χ3v) is 2.06. The number of nitrogens with one attached hydrogen (secondary N) is 1. The highest BCUT2D eigenvalue weighted by Gasteiger charge is 1.96. The van der Waals surface area contributed by atoms with E-state index in [2.05, 4.69) is 0 Å². The summed E-state index contributed by atoms with van der Waals surface area (Å²) in [4.78, 5) is 11.8. The number of hydrogen-bond acceptors (Lipinski definition) is 4. The maximum Gasteiger partial charge on any atom is 0.160 e. The predicted octanol–water partition coefficient (Wildman–Crippen LogP) is 1.04. The van der Waals surface area contributed by atoms with Gasteiger partial charge in [-0.25, -0.2) is 5.48 Å². The van der Waals surface area contributed by atoms with Gasteiger partial charge in [0.1, 0.15) is 0 Å². The highest BCUT2D eigenvalue weighted by atomic mass is 32.1. The van der Waals surface area contributed by atoms with E-state index in [0.29, 0.717) is 11.4 Å². The molecule has 0 fully saturated rings. The largest absolute Gasteiger partial charge is 0.316 e. The first kappa shape index (κ1) is 7.40. The van der Waals surface area contributed by atoms with Crippen LogP contribution in [0.4, 0.5) is 0 Å². The van der Waals surface area contributed by atoms with Gasteiger partial charge in [0.05, 0.1) is 11.4 Å². The Hall–Kier alpha value is -0.710. The molecule has 0 unspecified atom stereocenters. The lowest BCUT2D eigenvalue weighted by atomic mass is 10.4. The van der Waals surface area contributed by atoms with Gasteiger partial charge in [-0.15, -0.1) is 11.3 Å². The number of aldehydes is 1. The molecular weight excluding hydrogens is 150 g/mol. The summed E-state index contributed by atoms with van der Waals surface area (Å²) in [6.45, 7) is 0.401. The van der Waals surface area contributed by atoms with E-state index in [9.17, 15) is 4.79 Å². The molecule has 0 saturated carbocycles. The van der Waals surface area contributed by atoms with E-state index in [-0.39, 0.29) is 0 Å². The van der Waals surface area contributed by atoms with E-state index < -0.39 is 0 Å². The van der Waals surface area contributed by atoms with E-state index in [4.69, 9.17) is 5.21 Å². The molecular formula is C6H7NO2S. The van der Waals surface area contributed by atoms with Crippen molar-refractivity contribution in [2.45, 2.75) is 6.54 Å². The summed E-state index contributed by atoms with van der Waals surface area (Å²) >= 11 is 1.37. The van der Waals surface area contributed by atoms with E-state index in [1.165, 1.54) is 11.3 Å². The fraction of sp³-hybridized carbons (Fsp3) is 0.167. The molecule has 0 aromatic carbocycles. The maximum absolute atomic E-state index is 10.2. The highest BCUT2D eigenvalue weighted by Crippen LogP contribution is 2.13. The molecule has 3 nitrogen and oxygen atoms in total. The lowest BCUT2D eigenvalue weighted by Crippen LogP contribution is -2.03. The number of thiophene rings is 1. The van der Waals surface area contributed by atoms with Crippen molar-refractivity contribution in [2.24, 2.45) is 0 Å². The Labute approximate surface area is 62.3 Å². The Morgan fingerprint density at radius 1 is 1.70 bits per heavy atom.